The van der Waals surface area contributed by atoms with Gasteiger partial charge in [0.2, 0.25) is 5.91 Å². The van der Waals surface area contributed by atoms with Crippen molar-refractivity contribution >= 4 is 5.91 Å². The van der Waals surface area contributed by atoms with Gasteiger partial charge in [-0.3, -0.25) is 10.1 Å². The molecule has 0 aromatic carbocycles. The predicted molar refractivity (Wildman–Crippen MR) is 80.8 cm³/mol. The number of amides is 1. The quantitative estimate of drug-likeness (QED) is 0.802. The van der Waals surface area contributed by atoms with Crippen LogP contribution in [0.25, 0.3) is 0 Å². The van der Waals surface area contributed by atoms with E-state index in [1.165, 1.54) is 0 Å². The van der Waals surface area contributed by atoms with E-state index in [4.69, 9.17) is 0 Å². The lowest BCUT2D eigenvalue weighted by atomic mass is 9.89. The molecule has 2 unspecified atom stereocenters. The van der Waals surface area contributed by atoms with Gasteiger partial charge in [0, 0.05) is 6.54 Å². The van der Waals surface area contributed by atoms with E-state index in [0.29, 0.717) is 17.7 Å². The third-order valence-electron chi connectivity index (χ3n) is 4.21. The van der Waals surface area contributed by atoms with Crippen LogP contribution in [0.1, 0.15) is 61.3 Å². The fraction of sp³-hybridized carbons (Fsp3) is 0.938. The van der Waals surface area contributed by atoms with E-state index in [0.717, 1.165) is 19.4 Å². The summed E-state index contributed by atoms with van der Waals surface area (Å²) in [6, 6.07) is -0.00333. The summed E-state index contributed by atoms with van der Waals surface area (Å²) in [4.78, 5) is 14.7. The lowest BCUT2D eigenvalue weighted by Crippen LogP contribution is -2.43. The number of nitrogens with one attached hydrogen (secondary N) is 1. The van der Waals surface area contributed by atoms with Gasteiger partial charge in [-0.25, -0.2) is 0 Å². The Morgan fingerprint density at radius 1 is 1.26 bits per heavy atom. The minimum Gasteiger partial charge on any atom is -0.325 e. The van der Waals surface area contributed by atoms with Gasteiger partial charge in [-0.1, -0.05) is 48.5 Å². The molecule has 0 spiro atoms. The van der Waals surface area contributed by atoms with Crippen molar-refractivity contribution in [2.24, 2.45) is 17.3 Å². The Hall–Kier alpha value is -0.570. The second-order valence-corrected chi connectivity index (χ2v) is 7.52. The summed E-state index contributed by atoms with van der Waals surface area (Å²) in [7, 11) is 0. The van der Waals surface area contributed by atoms with Crippen LogP contribution in [0.3, 0.4) is 0 Å². The number of nitrogens with zero attached hydrogens (tertiary/aromatic N) is 1. The normalized spacial score (nSPS) is 24.9. The number of hydrogen-bond acceptors (Lipinski definition) is 2. The maximum atomic E-state index is 12.6. The van der Waals surface area contributed by atoms with Gasteiger partial charge in [-0.05, 0) is 30.1 Å². The average Bonchev–Trinajstić information content (AvgIpc) is 2.57. The summed E-state index contributed by atoms with van der Waals surface area (Å²) < 4.78 is 0. The molecule has 0 saturated carbocycles. The maximum absolute atomic E-state index is 12.6. The van der Waals surface area contributed by atoms with Crippen molar-refractivity contribution in [3.63, 3.8) is 0 Å². The Balaban J connectivity index is 2.85. The molecule has 1 N–H and O–H groups in total. The van der Waals surface area contributed by atoms with Crippen molar-refractivity contribution in [1.82, 2.24) is 10.2 Å². The van der Waals surface area contributed by atoms with Gasteiger partial charge in [0.05, 0.1) is 12.2 Å². The van der Waals surface area contributed by atoms with Gasteiger partial charge in [0.1, 0.15) is 0 Å². The van der Waals surface area contributed by atoms with Gasteiger partial charge < -0.3 is 4.90 Å². The lowest BCUT2D eigenvalue weighted by molar-refractivity contribution is -0.132. The van der Waals surface area contributed by atoms with E-state index in [1.807, 2.05) is 0 Å². The summed E-state index contributed by atoms with van der Waals surface area (Å²) in [6.45, 7) is 16.2. The molecule has 1 amide bonds. The maximum Gasteiger partial charge on any atom is 0.241 e. The number of carbonyl (C=O) groups is 1. The molecule has 0 aromatic rings. The number of hydrogen-bond donors (Lipinski definition) is 1. The Bertz CT molecular complexity index is 310. The van der Waals surface area contributed by atoms with Crippen LogP contribution in [0.2, 0.25) is 0 Å². The van der Waals surface area contributed by atoms with E-state index in [2.05, 4.69) is 58.7 Å². The molecule has 0 radical (unpaired) electrons. The molecule has 1 heterocycles. The molecule has 19 heavy (non-hydrogen) atoms. The third-order valence-corrected chi connectivity index (χ3v) is 4.21. The molecule has 1 aliphatic rings. The van der Waals surface area contributed by atoms with Crippen LogP contribution in [-0.4, -0.2) is 29.6 Å². The molecule has 3 nitrogen and oxygen atoms in total. The average molecular weight is 268 g/mol. The molecular weight excluding hydrogens is 236 g/mol. The van der Waals surface area contributed by atoms with E-state index in [1.54, 1.807) is 0 Å². The first-order chi connectivity index (χ1) is 8.68. The lowest BCUT2D eigenvalue weighted by Gasteiger charge is -2.33. The SMILES string of the molecule is CCC(C)(C)CN1C(=O)C(C(C)C)NC1CC(C)C. The standard InChI is InChI=1S/C16H32N2O/c1-8-16(6,7)10-18-13(9-11(2)3)17-14(12(4)5)15(18)19/h11-14,17H,8-10H2,1-7H3. The summed E-state index contributed by atoms with van der Waals surface area (Å²) >= 11 is 0. The van der Waals surface area contributed by atoms with Crippen molar-refractivity contribution in [2.45, 2.75) is 73.5 Å². The zero-order valence-corrected chi connectivity index (χ0v) is 13.8. The minimum absolute atomic E-state index is 0.00333. The Morgan fingerprint density at radius 2 is 1.84 bits per heavy atom. The highest BCUT2D eigenvalue weighted by atomic mass is 16.2. The van der Waals surface area contributed by atoms with Gasteiger partial charge >= 0.3 is 0 Å². The Kier molecular flexibility index (Phi) is 5.43. The minimum atomic E-state index is -0.00333. The Labute approximate surface area is 119 Å². The topological polar surface area (TPSA) is 32.3 Å². The van der Waals surface area contributed by atoms with E-state index in [9.17, 15) is 4.79 Å². The van der Waals surface area contributed by atoms with Gasteiger partial charge in [0.15, 0.2) is 0 Å². The highest BCUT2D eigenvalue weighted by Crippen LogP contribution is 2.28. The summed E-state index contributed by atoms with van der Waals surface area (Å²) in [5.41, 5.74) is 0.193. The molecule has 1 fully saturated rings. The molecule has 1 rings (SSSR count). The van der Waals surface area contributed by atoms with Crippen LogP contribution >= 0.6 is 0 Å². The fourth-order valence-electron chi connectivity index (χ4n) is 2.58. The first-order valence-corrected chi connectivity index (χ1v) is 7.74. The molecule has 0 aromatic heterocycles. The largest absolute Gasteiger partial charge is 0.325 e. The molecular formula is C16H32N2O. The van der Waals surface area contributed by atoms with Gasteiger partial charge in [-0.15, -0.1) is 0 Å². The van der Waals surface area contributed by atoms with E-state index in [-0.39, 0.29) is 17.6 Å². The zero-order valence-electron chi connectivity index (χ0n) is 13.8. The highest BCUT2D eigenvalue weighted by molar-refractivity contribution is 5.84. The van der Waals surface area contributed by atoms with Crippen molar-refractivity contribution in [3.8, 4) is 0 Å². The van der Waals surface area contributed by atoms with Crippen molar-refractivity contribution in [2.75, 3.05) is 6.54 Å². The zero-order chi connectivity index (χ0) is 14.8. The smallest absolute Gasteiger partial charge is 0.241 e. The third kappa shape index (κ3) is 4.20. The summed E-state index contributed by atoms with van der Waals surface area (Å²) in [6.07, 6.45) is 2.34. The van der Waals surface area contributed by atoms with Gasteiger partial charge in [-0.2, -0.15) is 0 Å². The van der Waals surface area contributed by atoms with Crippen LogP contribution in [0.4, 0.5) is 0 Å². The molecule has 0 aliphatic carbocycles. The monoisotopic (exact) mass is 268 g/mol. The molecule has 1 saturated heterocycles. The first kappa shape index (κ1) is 16.5. The van der Waals surface area contributed by atoms with E-state index < -0.39 is 0 Å². The van der Waals surface area contributed by atoms with Crippen molar-refractivity contribution < 1.29 is 4.79 Å². The van der Waals surface area contributed by atoms with Crippen LogP contribution < -0.4 is 5.32 Å². The van der Waals surface area contributed by atoms with Crippen LogP contribution in [0.15, 0.2) is 0 Å². The molecule has 112 valence electrons. The number of rotatable bonds is 6. The van der Waals surface area contributed by atoms with Crippen molar-refractivity contribution in [3.05, 3.63) is 0 Å². The second-order valence-electron chi connectivity index (χ2n) is 7.52. The first-order valence-electron chi connectivity index (χ1n) is 7.74. The molecule has 0 bridgehead atoms. The predicted octanol–water partition coefficient (Wildman–Crippen LogP) is 3.25. The molecule has 3 heteroatoms. The molecule has 2 atom stereocenters. The summed E-state index contributed by atoms with van der Waals surface area (Å²) in [5.74, 6) is 1.25. The van der Waals surface area contributed by atoms with Crippen LogP contribution in [-0.2, 0) is 4.79 Å². The van der Waals surface area contributed by atoms with E-state index >= 15 is 0 Å². The fourth-order valence-corrected chi connectivity index (χ4v) is 2.58. The van der Waals surface area contributed by atoms with Crippen LogP contribution in [0, 0.1) is 17.3 Å². The summed E-state index contributed by atoms with van der Waals surface area (Å²) in [5, 5.41) is 3.54. The molecule has 1 aliphatic heterocycles. The highest BCUT2D eigenvalue weighted by Gasteiger charge is 2.41. The second kappa shape index (κ2) is 6.25. The van der Waals surface area contributed by atoms with Crippen LogP contribution in [0.5, 0.6) is 0 Å². The number of carbonyl (C=O) groups excluding carboxylic acids is 1. The Morgan fingerprint density at radius 3 is 2.26 bits per heavy atom. The van der Waals surface area contributed by atoms with Crippen molar-refractivity contribution in [1.29, 1.82) is 0 Å². The van der Waals surface area contributed by atoms with Gasteiger partial charge in [0.25, 0.3) is 0 Å².